The normalized spacial score (nSPS) is 25.5. The second kappa shape index (κ2) is 4.36. The van der Waals surface area contributed by atoms with Crippen LogP contribution < -0.4 is 5.73 Å². The second-order valence-electron chi connectivity index (χ2n) is 5.55. The van der Waals surface area contributed by atoms with Crippen LogP contribution in [0, 0.1) is 11.3 Å². The number of hydrogen-bond acceptors (Lipinski definition) is 2. The molecule has 0 saturated heterocycles. The second-order valence-corrected chi connectivity index (χ2v) is 5.55. The molecule has 1 aliphatic rings. The summed E-state index contributed by atoms with van der Waals surface area (Å²) in [5, 5.41) is 11.6. The van der Waals surface area contributed by atoms with Gasteiger partial charge in [0, 0.05) is 17.0 Å². The van der Waals surface area contributed by atoms with Crippen LogP contribution >= 0.6 is 0 Å². The van der Waals surface area contributed by atoms with Crippen molar-refractivity contribution >= 4 is 10.8 Å². The van der Waals surface area contributed by atoms with Crippen molar-refractivity contribution in [3.05, 3.63) is 60.0 Å². The van der Waals surface area contributed by atoms with Crippen molar-refractivity contribution in [3.63, 3.8) is 0 Å². The van der Waals surface area contributed by atoms with E-state index in [0.29, 0.717) is 5.69 Å². The van der Waals surface area contributed by atoms with Crippen LogP contribution in [0.1, 0.15) is 25.6 Å². The molecule has 0 aliphatic heterocycles. The lowest BCUT2D eigenvalue weighted by molar-refractivity contribution is 0.392. The third-order valence-electron chi connectivity index (χ3n) is 4.26. The zero-order chi connectivity index (χ0) is 14.3. The van der Waals surface area contributed by atoms with Gasteiger partial charge in [-0.3, -0.25) is 0 Å². The smallest absolute Gasteiger partial charge is 0.128 e. The summed E-state index contributed by atoms with van der Waals surface area (Å²) in [7, 11) is 0. The molecular formula is C17H17N3. The molecule has 1 aliphatic carbocycles. The first-order chi connectivity index (χ1) is 9.55. The van der Waals surface area contributed by atoms with E-state index in [9.17, 15) is 5.26 Å². The molecule has 2 atom stereocenters. The predicted molar refractivity (Wildman–Crippen MR) is 81.2 cm³/mol. The molecule has 1 heterocycles. The minimum absolute atomic E-state index is 0.0467. The Bertz CT molecular complexity index is 769. The van der Waals surface area contributed by atoms with E-state index in [1.54, 1.807) is 0 Å². The lowest BCUT2D eigenvalue weighted by Crippen LogP contribution is -2.46. The maximum atomic E-state index is 9.52. The van der Waals surface area contributed by atoms with Crippen molar-refractivity contribution in [1.29, 1.82) is 5.26 Å². The number of nitrogens with two attached hydrogens (primary N) is 1. The largest absolute Gasteiger partial charge is 0.329 e. The lowest BCUT2D eigenvalue weighted by atomic mass is 9.82. The van der Waals surface area contributed by atoms with Gasteiger partial charge in [0.1, 0.15) is 11.8 Å². The Morgan fingerprint density at radius 1 is 1.35 bits per heavy atom. The topological polar surface area (TPSA) is 54.7 Å². The molecule has 2 unspecified atom stereocenters. The first-order valence-corrected chi connectivity index (χ1v) is 6.70. The number of aromatic nitrogens is 1. The van der Waals surface area contributed by atoms with Crippen molar-refractivity contribution in [3.8, 4) is 6.07 Å². The van der Waals surface area contributed by atoms with E-state index in [1.807, 2.05) is 61.0 Å². The summed E-state index contributed by atoms with van der Waals surface area (Å²) < 4.78 is 2.00. The minimum Gasteiger partial charge on any atom is -0.329 e. The molecular weight excluding hydrogens is 246 g/mol. The average Bonchev–Trinajstić information content (AvgIpc) is 2.79. The van der Waals surface area contributed by atoms with Crippen molar-refractivity contribution in [2.24, 2.45) is 5.73 Å². The Kier molecular flexibility index (Phi) is 2.77. The fraction of sp³-hybridized carbons (Fsp3) is 0.235. The summed E-state index contributed by atoms with van der Waals surface area (Å²) in [4.78, 5) is 0. The van der Waals surface area contributed by atoms with Crippen molar-refractivity contribution < 1.29 is 0 Å². The quantitative estimate of drug-likeness (QED) is 0.858. The molecule has 2 N–H and O–H groups in total. The zero-order valence-electron chi connectivity index (χ0n) is 11.7. The van der Waals surface area contributed by atoms with Crippen LogP contribution in [0.4, 0.5) is 0 Å². The van der Waals surface area contributed by atoms with Gasteiger partial charge in [-0.15, -0.1) is 0 Å². The summed E-state index contributed by atoms with van der Waals surface area (Å²) in [6.45, 7) is 4.05. The monoisotopic (exact) mass is 263 g/mol. The summed E-state index contributed by atoms with van der Waals surface area (Å²) in [5.74, 6) is 0. The van der Waals surface area contributed by atoms with Crippen molar-refractivity contribution in [2.45, 2.75) is 25.4 Å². The molecule has 0 bridgehead atoms. The molecule has 3 heteroatoms. The highest BCUT2D eigenvalue weighted by Crippen LogP contribution is 2.35. The molecule has 100 valence electrons. The zero-order valence-corrected chi connectivity index (χ0v) is 11.7. The number of hydrogen-bond donors (Lipinski definition) is 1. The number of benzene rings is 1. The highest BCUT2D eigenvalue weighted by molar-refractivity contribution is 5.87. The van der Waals surface area contributed by atoms with Crippen LogP contribution in [0.3, 0.4) is 0 Å². The van der Waals surface area contributed by atoms with Crippen LogP contribution in [0.15, 0.2) is 54.3 Å². The standard InChI is InChI=1S/C17H17N3/c1-12-6-5-9-16(17(12,2)19)20-11-13-7-3-4-8-14(13)15(20)10-18/h3-9,11,16H,19H2,1-2H3. The molecule has 20 heavy (non-hydrogen) atoms. The molecule has 0 fully saturated rings. The maximum absolute atomic E-state index is 9.52. The molecule has 1 aromatic heterocycles. The van der Waals surface area contributed by atoms with E-state index in [1.165, 1.54) is 0 Å². The van der Waals surface area contributed by atoms with Gasteiger partial charge in [-0.2, -0.15) is 5.26 Å². The molecule has 0 saturated carbocycles. The Hall–Kier alpha value is -2.31. The van der Waals surface area contributed by atoms with Gasteiger partial charge >= 0.3 is 0 Å². The van der Waals surface area contributed by atoms with Crippen LogP contribution in [-0.2, 0) is 0 Å². The fourth-order valence-electron chi connectivity index (χ4n) is 2.82. The van der Waals surface area contributed by atoms with Gasteiger partial charge < -0.3 is 10.3 Å². The Morgan fingerprint density at radius 3 is 2.85 bits per heavy atom. The van der Waals surface area contributed by atoms with Gasteiger partial charge in [0.2, 0.25) is 0 Å². The number of allylic oxidation sites excluding steroid dienone is 2. The summed E-state index contributed by atoms with van der Waals surface area (Å²) in [5.41, 5.74) is 7.79. The van der Waals surface area contributed by atoms with Gasteiger partial charge in [0.15, 0.2) is 0 Å². The molecule has 2 aromatic rings. The number of nitriles is 1. The summed E-state index contributed by atoms with van der Waals surface area (Å²) in [6.07, 6.45) is 8.13. The highest BCUT2D eigenvalue weighted by atomic mass is 15.1. The first kappa shape index (κ1) is 12.7. The number of rotatable bonds is 1. The Morgan fingerprint density at radius 2 is 2.10 bits per heavy atom. The third kappa shape index (κ3) is 1.70. The van der Waals surface area contributed by atoms with Crippen LogP contribution in [0.5, 0.6) is 0 Å². The number of nitrogens with zero attached hydrogens (tertiary/aromatic N) is 2. The van der Waals surface area contributed by atoms with Gasteiger partial charge in [-0.1, -0.05) is 48.1 Å². The van der Waals surface area contributed by atoms with Crippen LogP contribution in [0.2, 0.25) is 0 Å². The van der Waals surface area contributed by atoms with E-state index < -0.39 is 5.54 Å². The lowest BCUT2D eigenvalue weighted by Gasteiger charge is -2.36. The highest BCUT2D eigenvalue weighted by Gasteiger charge is 2.34. The Balaban J connectivity index is 2.23. The molecule has 3 rings (SSSR count). The summed E-state index contributed by atoms with van der Waals surface area (Å²) in [6, 6.07) is 10.2. The molecule has 0 amide bonds. The van der Waals surface area contributed by atoms with E-state index in [4.69, 9.17) is 5.73 Å². The van der Waals surface area contributed by atoms with Crippen LogP contribution in [0.25, 0.3) is 10.8 Å². The van der Waals surface area contributed by atoms with Crippen molar-refractivity contribution in [1.82, 2.24) is 4.57 Å². The Labute approximate surface area is 118 Å². The van der Waals surface area contributed by atoms with Gasteiger partial charge in [-0.25, -0.2) is 0 Å². The first-order valence-electron chi connectivity index (χ1n) is 6.70. The predicted octanol–water partition coefficient (Wildman–Crippen LogP) is 3.29. The van der Waals surface area contributed by atoms with Crippen molar-refractivity contribution in [2.75, 3.05) is 0 Å². The van der Waals surface area contributed by atoms with Gasteiger partial charge in [-0.05, 0) is 13.8 Å². The van der Waals surface area contributed by atoms with E-state index >= 15 is 0 Å². The van der Waals surface area contributed by atoms with E-state index in [2.05, 4.69) is 12.1 Å². The van der Waals surface area contributed by atoms with E-state index in [-0.39, 0.29) is 6.04 Å². The van der Waals surface area contributed by atoms with Crippen LogP contribution in [-0.4, -0.2) is 10.1 Å². The fourth-order valence-corrected chi connectivity index (χ4v) is 2.82. The van der Waals surface area contributed by atoms with Gasteiger partial charge in [0.25, 0.3) is 0 Å². The van der Waals surface area contributed by atoms with E-state index in [0.717, 1.165) is 16.3 Å². The minimum atomic E-state index is -0.491. The molecule has 0 spiro atoms. The maximum Gasteiger partial charge on any atom is 0.128 e. The molecule has 0 radical (unpaired) electrons. The average molecular weight is 263 g/mol. The van der Waals surface area contributed by atoms with Gasteiger partial charge in [0.05, 0.1) is 11.6 Å². The molecule has 1 aromatic carbocycles. The third-order valence-corrected chi connectivity index (χ3v) is 4.26. The molecule has 3 nitrogen and oxygen atoms in total. The summed E-state index contributed by atoms with van der Waals surface area (Å²) >= 11 is 0. The number of fused-ring (bicyclic) bond motifs is 1. The SMILES string of the molecule is CC1=CC=CC(n2cc3ccccc3c2C#N)C1(C)N.